The Kier molecular flexibility index (Phi) is 1.47. The molecule has 0 saturated heterocycles. The summed E-state index contributed by atoms with van der Waals surface area (Å²) in [6.07, 6.45) is 1.70. The van der Waals surface area contributed by atoms with Crippen molar-refractivity contribution in [3.8, 4) is 5.75 Å². The highest BCUT2D eigenvalue weighted by molar-refractivity contribution is 5.76. The highest BCUT2D eigenvalue weighted by atomic mass is 16.3. The van der Waals surface area contributed by atoms with E-state index in [0.29, 0.717) is 5.75 Å². The third-order valence-corrected chi connectivity index (χ3v) is 1.95. The number of benzene rings is 1. The maximum atomic E-state index is 9.29. The summed E-state index contributed by atoms with van der Waals surface area (Å²) in [5, 5.41) is 10.3. The molecule has 2 heteroatoms. The molecule has 1 aromatic carbocycles. The number of aromatic hydroxyl groups is 1. The van der Waals surface area contributed by atoms with Crippen LogP contribution >= 0.6 is 0 Å². The molecule has 1 aromatic heterocycles. The van der Waals surface area contributed by atoms with Crippen LogP contribution in [-0.2, 0) is 7.05 Å². The van der Waals surface area contributed by atoms with E-state index in [9.17, 15) is 5.11 Å². The first-order valence-corrected chi connectivity index (χ1v) is 3.85. The van der Waals surface area contributed by atoms with Gasteiger partial charge in [0.25, 0.3) is 0 Å². The van der Waals surface area contributed by atoms with E-state index in [1.807, 2.05) is 35.9 Å². The summed E-state index contributed by atoms with van der Waals surface area (Å²) < 4.78 is 1.91. The van der Waals surface area contributed by atoms with Gasteiger partial charge in [0.2, 0.25) is 11.7 Å². The van der Waals surface area contributed by atoms with Crippen LogP contribution in [-0.4, -0.2) is 5.11 Å². The van der Waals surface area contributed by atoms with Crippen molar-refractivity contribution >= 4 is 10.9 Å². The number of fused-ring (bicyclic) bond motifs is 1. The van der Waals surface area contributed by atoms with Crippen LogP contribution in [0.5, 0.6) is 5.75 Å². The van der Waals surface area contributed by atoms with E-state index in [1.54, 1.807) is 12.3 Å². The number of nitrogens with zero attached hydrogens (tertiary/aromatic N) is 1. The fraction of sp³-hybridized carbons (Fsp3) is 0.100. The summed E-state index contributed by atoms with van der Waals surface area (Å²) in [4.78, 5) is 0. The number of aryl methyl sites for hydroxylation is 1. The van der Waals surface area contributed by atoms with E-state index >= 15 is 0 Å². The second kappa shape index (κ2) is 2.48. The zero-order valence-corrected chi connectivity index (χ0v) is 6.86. The van der Waals surface area contributed by atoms with Crippen LogP contribution in [0.2, 0.25) is 0 Å². The molecule has 2 aromatic rings. The SMILES string of the molecule is C[n+]1cc(O)cc2ccccc21. The number of aromatic nitrogens is 1. The number of pyridine rings is 1. The molecule has 0 spiro atoms. The van der Waals surface area contributed by atoms with Crippen LogP contribution in [0.3, 0.4) is 0 Å². The summed E-state index contributed by atoms with van der Waals surface area (Å²) in [6, 6.07) is 9.71. The van der Waals surface area contributed by atoms with Crippen molar-refractivity contribution in [2.75, 3.05) is 0 Å². The van der Waals surface area contributed by atoms with Gasteiger partial charge >= 0.3 is 0 Å². The van der Waals surface area contributed by atoms with Crippen LogP contribution in [0.4, 0.5) is 0 Å². The quantitative estimate of drug-likeness (QED) is 0.578. The molecule has 60 valence electrons. The van der Waals surface area contributed by atoms with Crippen LogP contribution in [0.1, 0.15) is 0 Å². The van der Waals surface area contributed by atoms with Crippen molar-refractivity contribution in [1.29, 1.82) is 0 Å². The van der Waals surface area contributed by atoms with Gasteiger partial charge in [0.1, 0.15) is 7.05 Å². The molecule has 0 aliphatic carbocycles. The number of hydrogen-bond donors (Lipinski definition) is 1. The molecular weight excluding hydrogens is 150 g/mol. The Labute approximate surface area is 70.7 Å². The monoisotopic (exact) mass is 160 g/mol. The Morgan fingerprint density at radius 2 is 2.00 bits per heavy atom. The first kappa shape index (κ1) is 7.10. The third kappa shape index (κ3) is 1.01. The molecule has 0 aliphatic heterocycles. The molecule has 12 heavy (non-hydrogen) atoms. The van der Waals surface area contributed by atoms with Crippen LogP contribution in [0, 0.1) is 0 Å². The number of hydrogen-bond acceptors (Lipinski definition) is 1. The molecule has 0 bridgehead atoms. The van der Waals surface area contributed by atoms with Crippen molar-refractivity contribution in [1.82, 2.24) is 0 Å². The van der Waals surface area contributed by atoms with E-state index in [-0.39, 0.29) is 0 Å². The van der Waals surface area contributed by atoms with Crippen molar-refractivity contribution in [3.05, 3.63) is 36.5 Å². The standard InChI is InChI=1S/C10H9NO/c1-11-7-9(12)6-8-4-2-3-5-10(8)11/h2-7H,1H3/p+1. The maximum Gasteiger partial charge on any atom is 0.212 e. The minimum atomic E-state index is 0.302. The fourth-order valence-electron chi connectivity index (χ4n) is 1.40. The Bertz CT molecular complexity index is 423. The topological polar surface area (TPSA) is 24.1 Å². The van der Waals surface area contributed by atoms with Crippen LogP contribution in [0.25, 0.3) is 10.9 Å². The molecule has 1 N–H and O–H groups in total. The maximum absolute atomic E-state index is 9.29. The Morgan fingerprint density at radius 3 is 2.83 bits per heavy atom. The predicted octanol–water partition coefficient (Wildman–Crippen LogP) is 1.37. The molecule has 1 heterocycles. The van der Waals surface area contributed by atoms with E-state index < -0.39 is 0 Å². The van der Waals surface area contributed by atoms with Crippen molar-refractivity contribution in [2.24, 2.45) is 7.05 Å². The summed E-state index contributed by atoms with van der Waals surface area (Å²) in [7, 11) is 1.92. The van der Waals surface area contributed by atoms with Crippen molar-refractivity contribution in [3.63, 3.8) is 0 Å². The van der Waals surface area contributed by atoms with Gasteiger partial charge in [0, 0.05) is 6.07 Å². The first-order chi connectivity index (χ1) is 5.77. The lowest BCUT2D eigenvalue weighted by atomic mass is 10.2. The van der Waals surface area contributed by atoms with Gasteiger partial charge in [-0.3, -0.25) is 0 Å². The van der Waals surface area contributed by atoms with Gasteiger partial charge in [-0.25, -0.2) is 0 Å². The van der Waals surface area contributed by atoms with Crippen molar-refractivity contribution in [2.45, 2.75) is 0 Å². The highest BCUT2D eigenvalue weighted by Crippen LogP contribution is 2.14. The Balaban J connectivity index is 2.89. The molecule has 0 aliphatic rings. The predicted molar refractivity (Wildman–Crippen MR) is 46.8 cm³/mol. The average molecular weight is 160 g/mol. The number of para-hydroxylation sites is 1. The lowest BCUT2D eigenvalue weighted by Crippen LogP contribution is -2.27. The third-order valence-electron chi connectivity index (χ3n) is 1.95. The molecule has 0 unspecified atom stereocenters. The summed E-state index contributed by atoms with van der Waals surface area (Å²) in [5.74, 6) is 0.302. The van der Waals surface area contributed by atoms with Gasteiger partial charge in [0.05, 0.1) is 5.39 Å². The second-order valence-corrected chi connectivity index (χ2v) is 2.87. The van der Waals surface area contributed by atoms with Gasteiger partial charge in [-0.1, -0.05) is 12.1 Å². The van der Waals surface area contributed by atoms with Crippen LogP contribution < -0.4 is 4.57 Å². The smallest absolute Gasteiger partial charge is 0.212 e. The van der Waals surface area contributed by atoms with Gasteiger partial charge in [-0.2, -0.15) is 4.57 Å². The molecule has 0 atom stereocenters. The zero-order valence-electron chi connectivity index (χ0n) is 6.86. The average Bonchev–Trinajstić information content (AvgIpc) is 2.04. The van der Waals surface area contributed by atoms with E-state index in [1.165, 1.54) is 0 Å². The zero-order chi connectivity index (χ0) is 8.55. The van der Waals surface area contributed by atoms with E-state index in [4.69, 9.17) is 0 Å². The van der Waals surface area contributed by atoms with Gasteiger partial charge in [0.15, 0.2) is 5.75 Å². The Morgan fingerprint density at radius 1 is 1.25 bits per heavy atom. The number of rotatable bonds is 0. The summed E-state index contributed by atoms with van der Waals surface area (Å²) in [5.41, 5.74) is 1.12. The van der Waals surface area contributed by atoms with Gasteiger partial charge < -0.3 is 5.11 Å². The molecule has 2 nitrogen and oxygen atoms in total. The minimum absolute atomic E-state index is 0.302. The van der Waals surface area contributed by atoms with E-state index in [2.05, 4.69) is 0 Å². The molecule has 0 saturated carbocycles. The lowest BCUT2D eigenvalue weighted by molar-refractivity contribution is -0.645. The molecular formula is C10H10NO+. The summed E-state index contributed by atoms with van der Waals surface area (Å²) >= 11 is 0. The molecule has 0 amide bonds. The Hall–Kier alpha value is -1.57. The minimum Gasteiger partial charge on any atom is -0.503 e. The highest BCUT2D eigenvalue weighted by Gasteiger charge is 2.04. The van der Waals surface area contributed by atoms with Crippen LogP contribution in [0.15, 0.2) is 36.5 Å². The first-order valence-electron chi connectivity index (χ1n) is 3.85. The van der Waals surface area contributed by atoms with Gasteiger partial charge in [-0.05, 0) is 12.1 Å². The fourth-order valence-corrected chi connectivity index (χ4v) is 1.40. The van der Waals surface area contributed by atoms with Gasteiger partial charge in [-0.15, -0.1) is 0 Å². The lowest BCUT2D eigenvalue weighted by Gasteiger charge is -1.96. The second-order valence-electron chi connectivity index (χ2n) is 2.87. The van der Waals surface area contributed by atoms with E-state index in [0.717, 1.165) is 10.9 Å². The van der Waals surface area contributed by atoms with Crippen molar-refractivity contribution < 1.29 is 9.67 Å². The largest absolute Gasteiger partial charge is 0.503 e. The molecule has 0 radical (unpaired) electrons. The summed E-state index contributed by atoms with van der Waals surface area (Å²) in [6.45, 7) is 0. The molecule has 0 fully saturated rings. The molecule has 2 rings (SSSR count). The normalized spacial score (nSPS) is 10.4.